The van der Waals surface area contributed by atoms with E-state index in [0.29, 0.717) is 25.3 Å². The lowest BCUT2D eigenvalue weighted by Gasteiger charge is -2.27. The fraction of sp³-hybridized carbons (Fsp3) is 0.450. The van der Waals surface area contributed by atoms with Crippen molar-refractivity contribution < 1.29 is 9.59 Å². The van der Waals surface area contributed by atoms with Crippen molar-refractivity contribution in [1.29, 1.82) is 0 Å². The first-order valence-electron chi connectivity index (χ1n) is 9.29. The summed E-state index contributed by atoms with van der Waals surface area (Å²) in [7, 11) is 1.90. The van der Waals surface area contributed by atoms with Gasteiger partial charge >= 0.3 is 0 Å². The molecule has 2 heterocycles. The molecule has 0 saturated heterocycles. The second kappa shape index (κ2) is 6.94. The number of amides is 2. The summed E-state index contributed by atoms with van der Waals surface area (Å²) < 4.78 is 1.84. The van der Waals surface area contributed by atoms with Crippen LogP contribution in [0.1, 0.15) is 36.1 Å². The van der Waals surface area contributed by atoms with Crippen LogP contribution in [0.2, 0.25) is 0 Å². The molecule has 26 heavy (non-hydrogen) atoms. The van der Waals surface area contributed by atoms with Gasteiger partial charge in [0.1, 0.15) is 0 Å². The molecule has 1 N–H and O–H groups in total. The quantitative estimate of drug-likeness (QED) is 0.898. The van der Waals surface area contributed by atoms with Gasteiger partial charge in [-0.05, 0) is 24.8 Å². The number of nitrogens with zero attached hydrogens (tertiary/aromatic N) is 3. The number of fused-ring (bicyclic) bond motifs is 1. The third-order valence-electron chi connectivity index (χ3n) is 5.26. The largest absolute Gasteiger partial charge is 0.338 e. The van der Waals surface area contributed by atoms with Crippen LogP contribution in [0.5, 0.6) is 0 Å². The van der Waals surface area contributed by atoms with Crippen LogP contribution in [0.15, 0.2) is 30.3 Å². The summed E-state index contributed by atoms with van der Waals surface area (Å²) in [4.78, 5) is 26.6. The van der Waals surface area contributed by atoms with Crippen molar-refractivity contribution in [2.45, 2.75) is 38.6 Å². The first-order valence-corrected chi connectivity index (χ1v) is 9.29. The third-order valence-corrected chi connectivity index (χ3v) is 5.26. The molecule has 0 bridgehead atoms. The molecule has 2 amide bonds. The summed E-state index contributed by atoms with van der Waals surface area (Å²) in [6.45, 7) is 1.23. The molecule has 0 radical (unpaired) electrons. The van der Waals surface area contributed by atoms with Gasteiger partial charge in [-0.1, -0.05) is 30.3 Å². The Labute approximate surface area is 153 Å². The number of anilines is 1. The molecular formula is C20H24N4O2. The molecule has 1 aliphatic carbocycles. The zero-order valence-corrected chi connectivity index (χ0v) is 15.1. The maximum absolute atomic E-state index is 12.7. The van der Waals surface area contributed by atoms with Crippen LogP contribution < -0.4 is 5.32 Å². The van der Waals surface area contributed by atoms with Gasteiger partial charge in [-0.2, -0.15) is 5.10 Å². The van der Waals surface area contributed by atoms with Gasteiger partial charge in [-0.15, -0.1) is 0 Å². The van der Waals surface area contributed by atoms with E-state index < -0.39 is 0 Å². The number of benzene rings is 1. The molecule has 1 aromatic heterocycles. The number of carbonyl (C=O) groups excluding carboxylic acids is 2. The minimum atomic E-state index is 0.0541. The van der Waals surface area contributed by atoms with Crippen LogP contribution in [-0.2, 0) is 36.0 Å². The highest BCUT2D eigenvalue weighted by atomic mass is 16.2. The molecule has 0 unspecified atom stereocenters. The van der Waals surface area contributed by atoms with Gasteiger partial charge < -0.3 is 10.2 Å². The van der Waals surface area contributed by atoms with E-state index in [2.05, 4.69) is 10.4 Å². The molecule has 136 valence electrons. The Morgan fingerprint density at radius 2 is 2.00 bits per heavy atom. The predicted octanol–water partition coefficient (Wildman–Crippen LogP) is 2.29. The van der Waals surface area contributed by atoms with Crippen molar-refractivity contribution in [3.8, 4) is 0 Å². The Balaban J connectivity index is 1.42. The second-order valence-corrected chi connectivity index (χ2v) is 7.21. The average molecular weight is 352 g/mol. The number of carbonyl (C=O) groups is 2. The number of nitrogens with one attached hydrogen (secondary N) is 1. The summed E-state index contributed by atoms with van der Waals surface area (Å²) in [6.07, 6.45) is 3.95. The molecular weight excluding hydrogens is 328 g/mol. The summed E-state index contributed by atoms with van der Waals surface area (Å²) >= 11 is 0. The van der Waals surface area contributed by atoms with Gasteiger partial charge in [0.05, 0.1) is 6.54 Å². The van der Waals surface area contributed by atoms with Crippen molar-refractivity contribution in [2.75, 3.05) is 11.9 Å². The van der Waals surface area contributed by atoms with Gasteiger partial charge in [0, 0.05) is 43.6 Å². The highest BCUT2D eigenvalue weighted by Crippen LogP contribution is 2.32. The smallest absolute Gasteiger partial charge is 0.228 e. The number of aromatic nitrogens is 2. The Bertz CT molecular complexity index is 824. The Hall–Kier alpha value is -2.63. The van der Waals surface area contributed by atoms with Crippen LogP contribution in [0.4, 0.5) is 5.82 Å². The zero-order valence-electron chi connectivity index (χ0n) is 15.1. The molecule has 4 rings (SSSR count). The lowest BCUT2D eigenvalue weighted by molar-refractivity contribution is -0.132. The number of rotatable bonds is 5. The molecule has 6 nitrogen and oxygen atoms in total. The fourth-order valence-corrected chi connectivity index (χ4v) is 3.52. The lowest BCUT2D eigenvalue weighted by atomic mass is 10.0. The minimum absolute atomic E-state index is 0.0541. The molecule has 2 aromatic rings. The van der Waals surface area contributed by atoms with Gasteiger partial charge in [-0.25, -0.2) is 0 Å². The van der Waals surface area contributed by atoms with Crippen LogP contribution in [0.25, 0.3) is 0 Å². The van der Waals surface area contributed by atoms with Crippen LogP contribution >= 0.6 is 0 Å². The van der Waals surface area contributed by atoms with Crippen molar-refractivity contribution in [1.82, 2.24) is 14.7 Å². The van der Waals surface area contributed by atoms with Gasteiger partial charge in [0.25, 0.3) is 0 Å². The summed E-state index contributed by atoms with van der Waals surface area (Å²) in [6, 6.07) is 10.1. The molecule has 1 aromatic carbocycles. The molecule has 0 spiro atoms. The fourth-order valence-electron chi connectivity index (χ4n) is 3.52. The van der Waals surface area contributed by atoms with Gasteiger partial charge in [0.2, 0.25) is 11.8 Å². The number of hydrogen-bond acceptors (Lipinski definition) is 3. The summed E-state index contributed by atoms with van der Waals surface area (Å²) in [5.74, 6) is 0.973. The highest BCUT2D eigenvalue weighted by Gasteiger charge is 2.32. The molecule has 0 atom stereocenters. The lowest BCUT2D eigenvalue weighted by Crippen LogP contribution is -2.36. The average Bonchev–Trinajstić information content (AvgIpc) is 3.47. The minimum Gasteiger partial charge on any atom is -0.338 e. The number of hydrogen-bond donors (Lipinski definition) is 1. The van der Waals surface area contributed by atoms with Crippen molar-refractivity contribution in [3.05, 3.63) is 47.2 Å². The highest BCUT2D eigenvalue weighted by molar-refractivity contribution is 5.94. The van der Waals surface area contributed by atoms with E-state index in [9.17, 15) is 9.59 Å². The summed E-state index contributed by atoms with van der Waals surface area (Å²) in [5.41, 5.74) is 3.28. The van der Waals surface area contributed by atoms with E-state index in [1.54, 1.807) is 0 Å². The van der Waals surface area contributed by atoms with E-state index in [1.165, 1.54) is 5.56 Å². The molecule has 1 aliphatic heterocycles. The third kappa shape index (κ3) is 3.49. The topological polar surface area (TPSA) is 67.2 Å². The molecule has 1 fully saturated rings. The predicted molar refractivity (Wildman–Crippen MR) is 98.4 cm³/mol. The summed E-state index contributed by atoms with van der Waals surface area (Å²) in [5, 5.41) is 7.44. The second-order valence-electron chi connectivity index (χ2n) is 7.21. The Morgan fingerprint density at radius 1 is 1.23 bits per heavy atom. The van der Waals surface area contributed by atoms with Crippen molar-refractivity contribution in [3.63, 3.8) is 0 Å². The molecule has 2 aliphatic rings. The van der Waals surface area contributed by atoms with Crippen molar-refractivity contribution >= 4 is 17.6 Å². The normalized spacial score (nSPS) is 16.3. The standard InChI is InChI=1S/C20H24N4O2/c1-23-17-11-12-24(18(25)10-7-14-5-3-2-4-6-14)13-16(17)19(22-23)21-20(26)15-8-9-15/h2-6,15H,7-13H2,1H3,(H,21,22,26). The van der Waals surface area contributed by atoms with Gasteiger partial charge in [-0.3, -0.25) is 14.3 Å². The van der Waals surface area contributed by atoms with E-state index in [4.69, 9.17) is 0 Å². The maximum atomic E-state index is 12.7. The van der Waals surface area contributed by atoms with Crippen molar-refractivity contribution in [2.24, 2.45) is 13.0 Å². The zero-order chi connectivity index (χ0) is 18.1. The van der Waals surface area contributed by atoms with Crippen LogP contribution in [0.3, 0.4) is 0 Å². The van der Waals surface area contributed by atoms with Crippen LogP contribution in [0, 0.1) is 5.92 Å². The van der Waals surface area contributed by atoms with E-state index in [0.717, 1.165) is 36.9 Å². The molecule has 1 saturated carbocycles. The van der Waals surface area contributed by atoms with E-state index >= 15 is 0 Å². The van der Waals surface area contributed by atoms with Crippen LogP contribution in [-0.4, -0.2) is 33.0 Å². The molecule has 6 heteroatoms. The van der Waals surface area contributed by atoms with E-state index in [1.807, 2.05) is 47.0 Å². The number of aryl methyl sites for hydroxylation is 2. The first-order chi connectivity index (χ1) is 12.6. The SMILES string of the molecule is Cn1nc(NC(=O)C2CC2)c2c1CCN(C(=O)CCc1ccccc1)C2. The van der Waals surface area contributed by atoms with Gasteiger partial charge in [0.15, 0.2) is 5.82 Å². The Kier molecular flexibility index (Phi) is 4.49. The first kappa shape index (κ1) is 16.8. The monoisotopic (exact) mass is 352 g/mol. The maximum Gasteiger partial charge on any atom is 0.228 e. The van der Waals surface area contributed by atoms with E-state index in [-0.39, 0.29) is 17.7 Å². The Morgan fingerprint density at radius 3 is 2.73 bits per heavy atom.